The smallest absolute Gasteiger partial charge is 0.263 e. The number of aromatic amines is 1. The van der Waals surface area contributed by atoms with Crippen molar-refractivity contribution in [3.63, 3.8) is 0 Å². The number of aliphatic hydroxyl groups is 1. The van der Waals surface area contributed by atoms with E-state index in [1.54, 1.807) is 12.3 Å². The van der Waals surface area contributed by atoms with E-state index in [0.717, 1.165) is 35.5 Å². The number of aliphatic imine (C=N–C) groups is 1. The Morgan fingerprint density at radius 3 is 2.70 bits per heavy atom. The van der Waals surface area contributed by atoms with Crippen molar-refractivity contribution >= 4 is 28.9 Å². The van der Waals surface area contributed by atoms with Gasteiger partial charge >= 0.3 is 0 Å². The fourth-order valence-electron chi connectivity index (χ4n) is 4.24. The van der Waals surface area contributed by atoms with Crippen LogP contribution in [0.4, 0.5) is 14.5 Å². The maximum Gasteiger partial charge on any atom is 0.263 e. The van der Waals surface area contributed by atoms with Crippen LogP contribution in [0.5, 0.6) is 0 Å². The molecule has 2 atom stereocenters. The Hall–Kier alpha value is -3.30. The number of rotatable bonds is 4. The van der Waals surface area contributed by atoms with E-state index in [0.29, 0.717) is 5.69 Å². The van der Waals surface area contributed by atoms with Crippen LogP contribution in [-0.2, 0) is 16.1 Å². The first kappa shape index (κ1) is 18.7. The number of carbonyl (C=O) groups excluding carboxylic acids is 1. The molecule has 0 saturated carbocycles. The minimum atomic E-state index is -1.98. The van der Waals surface area contributed by atoms with Crippen molar-refractivity contribution in [3.8, 4) is 0 Å². The topological polar surface area (TPSA) is 90.0 Å². The van der Waals surface area contributed by atoms with Crippen molar-refractivity contribution in [3.05, 3.63) is 65.9 Å². The normalized spacial score (nSPS) is 26.0. The fourth-order valence-corrected chi connectivity index (χ4v) is 4.24. The first-order valence-corrected chi connectivity index (χ1v) is 9.43. The predicted molar refractivity (Wildman–Crippen MR) is 106 cm³/mol. The second-order valence-corrected chi connectivity index (χ2v) is 7.59. The van der Waals surface area contributed by atoms with E-state index in [1.807, 2.05) is 18.2 Å². The van der Waals surface area contributed by atoms with Gasteiger partial charge in [0.2, 0.25) is 0 Å². The number of nitrogens with one attached hydrogen (secondary N) is 2. The van der Waals surface area contributed by atoms with Gasteiger partial charge in [-0.15, -0.1) is 5.48 Å². The van der Waals surface area contributed by atoms with Crippen molar-refractivity contribution in [2.75, 3.05) is 11.4 Å². The second kappa shape index (κ2) is 6.61. The third-order valence-electron chi connectivity index (χ3n) is 5.76. The highest BCUT2D eigenvalue weighted by Crippen LogP contribution is 2.40. The molecule has 0 radical (unpaired) electrons. The number of hydroxylamine groups is 1. The number of hydrogen-bond donors (Lipinski definition) is 3. The molecule has 3 heterocycles. The molecule has 2 aromatic carbocycles. The van der Waals surface area contributed by atoms with Crippen LogP contribution in [-0.4, -0.2) is 40.2 Å². The minimum Gasteiger partial charge on any atom is -0.394 e. The van der Waals surface area contributed by atoms with Crippen molar-refractivity contribution in [2.45, 2.75) is 24.1 Å². The lowest BCUT2D eigenvalue weighted by atomic mass is 9.82. The number of benzene rings is 2. The van der Waals surface area contributed by atoms with Gasteiger partial charge in [0, 0.05) is 48.2 Å². The van der Waals surface area contributed by atoms with Gasteiger partial charge in [0.05, 0.1) is 0 Å². The summed E-state index contributed by atoms with van der Waals surface area (Å²) in [7, 11) is 0. The van der Waals surface area contributed by atoms with Crippen LogP contribution < -0.4 is 10.4 Å². The number of anilines is 1. The summed E-state index contributed by atoms with van der Waals surface area (Å²) in [6, 6.07) is 10.4. The molecule has 30 heavy (non-hydrogen) atoms. The van der Waals surface area contributed by atoms with Gasteiger partial charge in [0.1, 0.15) is 11.6 Å². The van der Waals surface area contributed by atoms with E-state index >= 15 is 0 Å². The summed E-state index contributed by atoms with van der Waals surface area (Å²) in [6.07, 6.45) is 2.79. The minimum absolute atomic E-state index is 0.0580. The molecule has 1 aromatic heterocycles. The van der Waals surface area contributed by atoms with Crippen molar-refractivity contribution in [1.29, 1.82) is 0 Å². The zero-order valence-corrected chi connectivity index (χ0v) is 15.7. The van der Waals surface area contributed by atoms with Gasteiger partial charge in [-0.3, -0.25) is 4.79 Å². The Balaban J connectivity index is 1.50. The predicted octanol–water partition coefficient (Wildman–Crippen LogP) is 2.42. The number of fused-ring (bicyclic) bond motifs is 1. The third-order valence-corrected chi connectivity index (χ3v) is 5.76. The molecule has 2 unspecified atom stereocenters. The van der Waals surface area contributed by atoms with Crippen molar-refractivity contribution < 1.29 is 23.5 Å². The summed E-state index contributed by atoms with van der Waals surface area (Å²) in [6.45, 7) is 0.252. The molecule has 0 spiro atoms. The van der Waals surface area contributed by atoms with Crippen molar-refractivity contribution in [1.82, 2.24) is 10.5 Å². The Labute approximate surface area is 169 Å². The highest BCUT2D eigenvalue weighted by Gasteiger charge is 2.62. The summed E-state index contributed by atoms with van der Waals surface area (Å²) in [5, 5.41) is 12.4. The van der Waals surface area contributed by atoms with Crippen LogP contribution in [0.2, 0.25) is 0 Å². The number of halogens is 2. The van der Waals surface area contributed by atoms with E-state index in [9.17, 15) is 18.7 Å². The molecule has 3 N–H and O–H groups in total. The molecule has 2 aliphatic rings. The van der Waals surface area contributed by atoms with Crippen molar-refractivity contribution in [2.24, 2.45) is 4.99 Å². The zero-order chi connectivity index (χ0) is 20.9. The first-order chi connectivity index (χ1) is 14.4. The number of amides is 1. The Kier molecular flexibility index (Phi) is 4.12. The third kappa shape index (κ3) is 2.78. The standard InChI is InChI=1S/C21H18F2N4O3/c22-15-7-13(8-16(23)10-15)11-21(25-12-30-26-21)20(29)4-6-27(19(20)28)17-1-2-18-14(9-17)3-5-24-18/h1-3,5,7-10,12,24,26,29H,4,6,11H2. The number of carbonyl (C=O) groups is 1. The van der Waals surface area contributed by atoms with Gasteiger partial charge in [0.25, 0.3) is 5.91 Å². The zero-order valence-electron chi connectivity index (χ0n) is 15.7. The van der Waals surface area contributed by atoms with Crippen LogP contribution in [0.25, 0.3) is 10.9 Å². The van der Waals surface area contributed by atoms with E-state index in [2.05, 4.69) is 15.5 Å². The number of nitrogens with zero attached hydrogens (tertiary/aromatic N) is 2. The largest absolute Gasteiger partial charge is 0.394 e. The lowest BCUT2D eigenvalue weighted by Crippen LogP contribution is -2.64. The quantitative estimate of drug-likeness (QED) is 0.614. The van der Waals surface area contributed by atoms with E-state index in [1.165, 1.54) is 4.90 Å². The molecule has 154 valence electrons. The molecule has 1 fully saturated rings. The fraction of sp³-hybridized carbons (Fsp3) is 0.238. The van der Waals surface area contributed by atoms with Crippen LogP contribution in [0.1, 0.15) is 12.0 Å². The molecule has 5 rings (SSSR count). The summed E-state index contributed by atoms with van der Waals surface area (Å²) in [5.74, 6) is -2.08. The van der Waals surface area contributed by atoms with Crippen LogP contribution in [0, 0.1) is 11.6 Å². The molecule has 1 amide bonds. The number of aromatic nitrogens is 1. The Bertz CT molecular complexity index is 1160. The van der Waals surface area contributed by atoms with Gasteiger partial charge in [-0.2, -0.15) is 0 Å². The number of H-pyrrole nitrogens is 1. The Morgan fingerprint density at radius 1 is 1.17 bits per heavy atom. The summed E-state index contributed by atoms with van der Waals surface area (Å²) >= 11 is 0. The first-order valence-electron chi connectivity index (χ1n) is 9.43. The van der Waals surface area contributed by atoms with Gasteiger partial charge in [-0.05, 0) is 42.0 Å². The van der Waals surface area contributed by atoms with Gasteiger partial charge in [0.15, 0.2) is 17.7 Å². The molecule has 3 aromatic rings. The SMILES string of the molecule is O=C1N(c2ccc3[nH]ccc3c2)CCC1(O)C1(Cc2cc(F)cc(F)c2)N=CON1. The van der Waals surface area contributed by atoms with Crippen LogP contribution >= 0.6 is 0 Å². The van der Waals surface area contributed by atoms with Gasteiger partial charge in [-0.25, -0.2) is 13.8 Å². The van der Waals surface area contributed by atoms with Gasteiger partial charge < -0.3 is 19.8 Å². The average molecular weight is 412 g/mol. The molecule has 2 aliphatic heterocycles. The molecule has 0 bridgehead atoms. The second-order valence-electron chi connectivity index (χ2n) is 7.59. The summed E-state index contributed by atoms with van der Waals surface area (Å²) in [4.78, 5) is 27.2. The lowest BCUT2D eigenvalue weighted by molar-refractivity contribution is -0.146. The van der Waals surface area contributed by atoms with E-state index in [4.69, 9.17) is 4.84 Å². The lowest BCUT2D eigenvalue weighted by Gasteiger charge is -2.37. The molecule has 7 nitrogen and oxygen atoms in total. The summed E-state index contributed by atoms with van der Waals surface area (Å²) in [5.41, 5.74) is 0.809. The maximum atomic E-state index is 13.7. The molecule has 0 aliphatic carbocycles. The summed E-state index contributed by atoms with van der Waals surface area (Å²) < 4.78 is 27.4. The number of hydrogen-bond acceptors (Lipinski definition) is 5. The van der Waals surface area contributed by atoms with E-state index in [-0.39, 0.29) is 24.9 Å². The maximum absolute atomic E-state index is 13.7. The van der Waals surface area contributed by atoms with Crippen LogP contribution in [0.3, 0.4) is 0 Å². The molecular formula is C21H18F2N4O3. The monoisotopic (exact) mass is 412 g/mol. The molecule has 9 heteroatoms. The highest BCUT2D eigenvalue weighted by atomic mass is 19.1. The van der Waals surface area contributed by atoms with Crippen LogP contribution in [0.15, 0.2) is 53.7 Å². The van der Waals surface area contributed by atoms with E-state index < -0.39 is 28.8 Å². The average Bonchev–Trinajstić information content (AvgIpc) is 3.42. The Morgan fingerprint density at radius 2 is 1.97 bits per heavy atom. The molecule has 1 saturated heterocycles. The highest BCUT2D eigenvalue weighted by molar-refractivity contribution is 6.04. The molecular weight excluding hydrogens is 394 g/mol. The van der Waals surface area contributed by atoms with Gasteiger partial charge in [-0.1, -0.05) is 0 Å².